The van der Waals surface area contributed by atoms with Crippen molar-refractivity contribution >= 4 is 5.78 Å². The molecule has 0 amide bonds. The Hall–Kier alpha value is -2.15. The first kappa shape index (κ1) is 19.2. The van der Waals surface area contributed by atoms with Crippen LogP contribution in [0.25, 0.3) is 0 Å². The number of halogens is 2. The molecule has 6 heteroatoms. The van der Waals surface area contributed by atoms with Crippen LogP contribution in [-0.2, 0) is 16.0 Å². The minimum absolute atomic E-state index is 0.0181. The lowest BCUT2D eigenvalue weighted by Gasteiger charge is -2.43. The molecule has 28 heavy (non-hydrogen) atoms. The number of methoxy groups -OCH3 is 1. The van der Waals surface area contributed by atoms with Crippen LogP contribution in [0.4, 0.5) is 8.78 Å². The zero-order valence-electron chi connectivity index (χ0n) is 15.8. The molecule has 148 valence electrons. The van der Waals surface area contributed by atoms with Gasteiger partial charge >= 0.3 is 0 Å². The Morgan fingerprint density at radius 2 is 2.00 bits per heavy atom. The molecule has 0 spiro atoms. The molecule has 2 aromatic rings. The second-order valence-electron chi connectivity index (χ2n) is 7.74. The lowest BCUT2D eigenvalue weighted by Crippen LogP contribution is -2.55. The van der Waals surface area contributed by atoms with E-state index in [0.717, 1.165) is 18.1 Å². The van der Waals surface area contributed by atoms with Crippen molar-refractivity contribution < 1.29 is 18.3 Å². The number of carbonyl (C=O) groups is 1. The molecule has 0 radical (unpaired) electrons. The number of ketones is 1. The zero-order valence-corrected chi connectivity index (χ0v) is 15.8. The van der Waals surface area contributed by atoms with Crippen molar-refractivity contribution in [3.63, 3.8) is 0 Å². The molecule has 3 atom stereocenters. The summed E-state index contributed by atoms with van der Waals surface area (Å²) < 4.78 is 33.2. The summed E-state index contributed by atoms with van der Waals surface area (Å²) in [7, 11) is 1.62. The van der Waals surface area contributed by atoms with E-state index in [1.54, 1.807) is 7.11 Å². The molecule has 1 aliphatic carbocycles. The summed E-state index contributed by atoms with van der Waals surface area (Å²) in [6.07, 6.45) is 1.02. The fourth-order valence-corrected chi connectivity index (χ4v) is 4.40. The van der Waals surface area contributed by atoms with E-state index in [1.165, 1.54) is 17.7 Å². The molecule has 1 unspecified atom stereocenters. The topological polar surface area (TPSA) is 55.6 Å². The summed E-state index contributed by atoms with van der Waals surface area (Å²) in [5.74, 6) is -1.46. The largest absolute Gasteiger partial charge is 0.379 e. The van der Waals surface area contributed by atoms with E-state index in [9.17, 15) is 13.6 Å². The number of carbonyl (C=O) groups excluding carboxylic acids is 1. The zero-order chi connectivity index (χ0) is 19.8. The monoisotopic (exact) mass is 386 g/mol. The molecular formula is C22H24F2N2O2. The number of nitrogens with zero attached hydrogens (tertiary/aromatic N) is 1. The lowest BCUT2D eigenvalue weighted by atomic mass is 9.88. The van der Waals surface area contributed by atoms with Crippen LogP contribution in [0, 0.1) is 17.6 Å². The summed E-state index contributed by atoms with van der Waals surface area (Å²) in [5.41, 5.74) is 8.84. The fourth-order valence-electron chi connectivity index (χ4n) is 4.40. The van der Waals surface area contributed by atoms with E-state index in [0.29, 0.717) is 13.1 Å². The summed E-state index contributed by atoms with van der Waals surface area (Å²) >= 11 is 0. The van der Waals surface area contributed by atoms with Crippen LogP contribution in [0.15, 0.2) is 42.5 Å². The molecule has 2 aliphatic rings. The maximum absolute atomic E-state index is 14.5. The van der Waals surface area contributed by atoms with Gasteiger partial charge in [0.25, 0.3) is 0 Å². The van der Waals surface area contributed by atoms with Crippen molar-refractivity contribution in [3.05, 3.63) is 70.8 Å². The van der Waals surface area contributed by atoms with Gasteiger partial charge in [0.15, 0.2) is 5.78 Å². The van der Waals surface area contributed by atoms with Gasteiger partial charge in [-0.2, -0.15) is 0 Å². The normalized spacial score (nSPS) is 23.3. The molecule has 4 rings (SSSR count). The van der Waals surface area contributed by atoms with Crippen molar-refractivity contribution in [2.75, 3.05) is 20.2 Å². The van der Waals surface area contributed by atoms with E-state index in [1.807, 2.05) is 29.2 Å². The van der Waals surface area contributed by atoms with Gasteiger partial charge in [0.05, 0.1) is 12.1 Å². The highest BCUT2D eigenvalue weighted by Gasteiger charge is 2.40. The Morgan fingerprint density at radius 3 is 2.68 bits per heavy atom. The van der Waals surface area contributed by atoms with Crippen molar-refractivity contribution in [2.45, 2.75) is 31.0 Å². The first-order valence-electron chi connectivity index (χ1n) is 9.55. The molecule has 1 fully saturated rings. The first-order valence-corrected chi connectivity index (χ1v) is 9.55. The molecule has 1 heterocycles. The Morgan fingerprint density at radius 1 is 1.25 bits per heavy atom. The minimum atomic E-state index is -0.747. The van der Waals surface area contributed by atoms with Gasteiger partial charge in [-0.05, 0) is 29.5 Å². The van der Waals surface area contributed by atoms with Crippen molar-refractivity contribution in [2.24, 2.45) is 11.7 Å². The minimum Gasteiger partial charge on any atom is -0.379 e. The maximum atomic E-state index is 14.5. The third kappa shape index (κ3) is 3.48. The Balaban J connectivity index is 1.56. The van der Waals surface area contributed by atoms with Crippen LogP contribution in [-0.4, -0.2) is 37.0 Å². The fraction of sp³-hybridized carbons (Fsp3) is 0.409. The van der Waals surface area contributed by atoms with Crippen LogP contribution in [0.2, 0.25) is 0 Å². The number of rotatable bonds is 6. The highest BCUT2D eigenvalue weighted by Crippen LogP contribution is 2.39. The summed E-state index contributed by atoms with van der Waals surface area (Å²) in [4.78, 5) is 15.2. The van der Waals surface area contributed by atoms with E-state index in [2.05, 4.69) is 0 Å². The summed E-state index contributed by atoms with van der Waals surface area (Å²) in [6, 6.07) is 10.4. The van der Waals surface area contributed by atoms with Crippen molar-refractivity contribution in [3.8, 4) is 0 Å². The van der Waals surface area contributed by atoms with Gasteiger partial charge in [-0.3, -0.25) is 9.69 Å². The van der Waals surface area contributed by atoms with Gasteiger partial charge in [0, 0.05) is 44.3 Å². The molecule has 4 nitrogen and oxygen atoms in total. The standard InChI is InChI=1S/C22H24F2N2O2/c1-28-16-11-26(12-16)22(18-7-6-15(23)10-19(18)24)20(27)9-14-8-13-4-2-3-5-17(13)21(14)25/h2-7,10,14,16,21-22H,8-9,11-12,25H2,1H3/t14-,21-,22?/m1/s1. The number of hydrogen-bond donors (Lipinski definition) is 1. The third-order valence-electron chi connectivity index (χ3n) is 6.00. The van der Waals surface area contributed by atoms with Crippen LogP contribution < -0.4 is 5.73 Å². The smallest absolute Gasteiger partial charge is 0.154 e. The number of benzene rings is 2. The highest BCUT2D eigenvalue weighted by molar-refractivity contribution is 5.86. The summed E-state index contributed by atoms with van der Waals surface area (Å²) in [5, 5.41) is 0. The number of nitrogens with two attached hydrogens (primary N) is 1. The number of ether oxygens (including phenoxy) is 1. The molecule has 0 saturated carbocycles. The van der Waals surface area contributed by atoms with Crippen LogP contribution in [0.1, 0.15) is 35.2 Å². The Kier molecular flexibility index (Phi) is 5.27. The van der Waals surface area contributed by atoms with Gasteiger partial charge in [0.1, 0.15) is 11.6 Å². The Bertz CT molecular complexity index is 883. The molecule has 1 saturated heterocycles. The second kappa shape index (κ2) is 7.70. The van der Waals surface area contributed by atoms with Gasteiger partial charge < -0.3 is 10.5 Å². The van der Waals surface area contributed by atoms with E-state index in [4.69, 9.17) is 10.5 Å². The van der Waals surface area contributed by atoms with Crippen LogP contribution in [0.3, 0.4) is 0 Å². The average molecular weight is 386 g/mol. The summed E-state index contributed by atoms with van der Waals surface area (Å²) in [6.45, 7) is 1.08. The lowest BCUT2D eigenvalue weighted by molar-refractivity contribution is -0.132. The van der Waals surface area contributed by atoms with E-state index >= 15 is 0 Å². The molecule has 0 bridgehead atoms. The van der Waals surface area contributed by atoms with Crippen molar-refractivity contribution in [1.82, 2.24) is 4.90 Å². The quantitative estimate of drug-likeness (QED) is 0.829. The molecule has 2 aromatic carbocycles. The number of hydrogen-bond acceptors (Lipinski definition) is 4. The number of likely N-dealkylation sites (tertiary alicyclic amines) is 1. The molecule has 2 N–H and O–H groups in total. The maximum Gasteiger partial charge on any atom is 0.154 e. The second-order valence-corrected chi connectivity index (χ2v) is 7.74. The predicted octanol–water partition coefficient (Wildman–Crippen LogP) is 3.17. The highest BCUT2D eigenvalue weighted by atomic mass is 19.1. The Labute approximate surface area is 163 Å². The predicted molar refractivity (Wildman–Crippen MR) is 102 cm³/mol. The molecule has 0 aromatic heterocycles. The third-order valence-corrected chi connectivity index (χ3v) is 6.00. The SMILES string of the molecule is COC1CN(C(C(=O)C[C@H]2Cc3ccccc3[C@@H]2N)c2ccc(F)cc2F)C1. The first-order chi connectivity index (χ1) is 13.5. The number of fused-ring (bicyclic) bond motifs is 1. The van der Waals surface area contributed by atoms with E-state index in [-0.39, 0.29) is 35.8 Å². The number of Topliss-reactive ketones (excluding diaryl/α,β-unsaturated/α-hetero) is 1. The molecular weight excluding hydrogens is 362 g/mol. The molecule has 1 aliphatic heterocycles. The van der Waals surface area contributed by atoms with Crippen molar-refractivity contribution in [1.29, 1.82) is 0 Å². The van der Waals surface area contributed by atoms with Gasteiger partial charge in [-0.1, -0.05) is 30.3 Å². The van der Waals surface area contributed by atoms with E-state index < -0.39 is 17.7 Å². The average Bonchev–Trinajstić information content (AvgIpc) is 2.94. The van der Waals surface area contributed by atoms with Gasteiger partial charge in [0.2, 0.25) is 0 Å². The van der Waals surface area contributed by atoms with Gasteiger partial charge in [-0.15, -0.1) is 0 Å². The van der Waals surface area contributed by atoms with Gasteiger partial charge in [-0.25, -0.2) is 8.78 Å². The van der Waals surface area contributed by atoms with Crippen LogP contribution >= 0.6 is 0 Å². The van der Waals surface area contributed by atoms with Crippen LogP contribution in [0.5, 0.6) is 0 Å².